The normalized spacial score (nSPS) is 11.2. The van der Waals surface area contributed by atoms with Gasteiger partial charge in [-0.25, -0.2) is 9.37 Å². The lowest BCUT2D eigenvalue weighted by molar-refractivity contribution is -0.122. The molecule has 0 fully saturated rings. The highest BCUT2D eigenvalue weighted by molar-refractivity contribution is 7.09. The fourth-order valence-electron chi connectivity index (χ4n) is 2.08. The number of rotatable bonds is 6. The first-order valence-corrected chi connectivity index (χ1v) is 8.01. The van der Waals surface area contributed by atoms with Crippen LogP contribution in [-0.2, 0) is 11.3 Å². The molecule has 22 heavy (non-hydrogen) atoms. The lowest BCUT2D eigenvalue weighted by atomic mass is 10.2. The number of carbonyl (C=O) groups is 1. The maximum Gasteiger partial charge on any atom is 0.234 e. The van der Waals surface area contributed by atoms with Crippen molar-refractivity contribution >= 4 is 17.2 Å². The smallest absolute Gasteiger partial charge is 0.234 e. The van der Waals surface area contributed by atoms with Gasteiger partial charge in [-0.15, -0.1) is 11.3 Å². The Morgan fingerprint density at radius 2 is 2.14 bits per heavy atom. The van der Waals surface area contributed by atoms with Crippen LogP contribution in [-0.4, -0.2) is 35.4 Å². The Balaban J connectivity index is 1.97. The Labute approximate surface area is 134 Å². The number of aromatic nitrogens is 1. The highest BCUT2D eigenvalue weighted by Crippen LogP contribution is 2.24. The van der Waals surface area contributed by atoms with Crippen LogP contribution in [0.3, 0.4) is 0 Å². The first-order chi connectivity index (χ1) is 10.5. The van der Waals surface area contributed by atoms with Crippen molar-refractivity contribution in [2.45, 2.75) is 26.4 Å². The Kier molecular flexibility index (Phi) is 5.63. The van der Waals surface area contributed by atoms with Gasteiger partial charge in [0.05, 0.1) is 18.8 Å². The number of benzene rings is 1. The van der Waals surface area contributed by atoms with E-state index in [1.165, 1.54) is 17.4 Å². The fourth-order valence-corrected chi connectivity index (χ4v) is 2.95. The summed E-state index contributed by atoms with van der Waals surface area (Å²) in [4.78, 5) is 18.1. The number of hydrogen-bond acceptors (Lipinski definition) is 4. The lowest BCUT2D eigenvalue weighted by Crippen LogP contribution is -2.38. The summed E-state index contributed by atoms with van der Waals surface area (Å²) in [5.74, 6) is -0.285. The van der Waals surface area contributed by atoms with Gasteiger partial charge in [-0.3, -0.25) is 9.69 Å². The molecule has 1 aromatic carbocycles. The predicted molar refractivity (Wildman–Crippen MR) is 87.1 cm³/mol. The summed E-state index contributed by atoms with van der Waals surface area (Å²) in [5.41, 5.74) is 1.14. The van der Waals surface area contributed by atoms with Gasteiger partial charge in [0.1, 0.15) is 10.8 Å². The van der Waals surface area contributed by atoms with Crippen molar-refractivity contribution in [3.63, 3.8) is 0 Å². The summed E-state index contributed by atoms with van der Waals surface area (Å²) in [5, 5.41) is 5.55. The zero-order chi connectivity index (χ0) is 16.1. The Hall–Kier alpha value is -1.79. The van der Waals surface area contributed by atoms with Crippen molar-refractivity contribution < 1.29 is 9.18 Å². The number of hydrogen-bond donors (Lipinski definition) is 1. The Morgan fingerprint density at radius 3 is 2.82 bits per heavy atom. The summed E-state index contributed by atoms with van der Waals surface area (Å²) in [6.07, 6.45) is 0. The van der Waals surface area contributed by atoms with Crippen molar-refractivity contribution in [1.29, 1.82) is 0 Å². The van der Waals surface area contributed by atoms with Gasteiger partial charge >= 0.3 is 0 Å². The van der Waals surface area contributed by atoms with Crippen LogP contribution in [0.4, 0.5) is 4.39 Å². The molecule has 0 spiro atoms. The van der Waals surface area contributed by atoms with E-state index in [-0.39, 0.29) is 17.8 Å². The molecule has 118 valence electrons. The molecule has 0 saturated carbocycles. The van der Waals surface area contributed by atoms with Gasteiger partial charge < -0.3 is 5.32 Å². The number of likely N-dealkylation sites (N-methyl/N-ethyl adjacent to an activating group) is 1. The molecule has 0 radical (unpaired) electrons. The fraction of sp³-hybridized carbons (Fsp3) is 0.375. The monoisotopic (exact) mass is 321 g/mol. The minimum atomic E-state index is -0.274. The van der Waals surface area contributed by atoms with Crippen LogP contribution in [0, 0.1) is 5.82 Å². The van der Waals surface area contributed by atoms with Gasteiger partial charge in [-0.05, 0) is 33.0 Å². The minimum absolute atomic E-state index is 0.0108. The molecule has 0 aliphatic rings. The standard InChI is InChI=1S/C16H20FN3OS/c1-11(2)18-15(21)8-20(3)9-16-19-14(10-22-16)12-6-4-5-7-13(12)17/h4-7,10-11H,8-9H2,1-3H3,(H,18,21). The second-order valence-electron chi connectivity index (χ2n) is 5.50. The van der Waals surface area contributed by atoms with E-state index in [0.717, 1.165) is 5.01 Å². The maximum absolute atomic E-state index is 13.7. The van der Waals surface area contributed by atoms with Gasteiger partial charge in [0.2, 0.25) is 5.91 Å². The van der Waals surface area contributed by atoms with Crippen LogP contribution in [0.15, 0.2) is 29.6 Å². The predicted octanol–water partition coefficient (Wildman–Crippen LogP) is 2.91. The molecular weight excluding hydrogens is 301 g/mol. The van der Waals surface area contributed by atoms with E-state index in [4.69, 9.17) is 0 Å². The molecule has 0 bridgehead atoms. The molecule has 1 heterocycles. The highest BCUT2D eigenvalue weighted by atomic mass is 32.1. The molecule has 1 N–H and O–H groups in total. The number of halogens is 1. The summed E-state index contributed by atoms with van der Waals surface area (Å²) in [6.45, 7) is 4.73. The minimum Gasteiger partial charge on any atom is -0.353 e. The van der Waals surface area contributed by atoms with E-state index in [1.807, 2.05) is 31.2 Å². The average Bonchev–Trinajstić information content (AvgIpc) is 2.86. The summed E-state index contributed by atoms with van der Waals surface area (Å²) < 4.78 is 13.7. The molecule has 0 atom stereocenters. The number of nitrogens with one attached hydrogen (secondary N) is 1. The van der Waals surface area contributed by atoms with Crippen molar-refractivity contribution in [2.24, 2.45) is 0 Å². The van der Waals surface area contributed by atoms with Gasteiger partial charge in [-0.2, -0.15) is 0 Å². The van der Waals surface area contributed by atoms with E-state index < -0.39 is 0 Å². The van der Waals surface area contributed by atoms with Gasteiger partial charge in [0, 0.05) is 17.0 Å². The molecule has 1 amide bonds. The van der Waals surface area contributed by atoms with E-state index in [1.54, 1.807) is 18.2 Å². The molecule has 2 rings (SSSR count). The second kappa shape index (κ2) is 7.47. The first kappa shape index (κ1) is 16.6. The molecule has 0 aliphatic heterocycles. The SMILES string of the molecule is CC(C)NC(=O)CN(C)Cc1nc(-c2ccccc2F)cs1. The van der Waals surface area contributed by atoms with E-state index in [2.05, 4.69) is 10.3 Å². The Bertz CT molecular complexity index is 642. The highest BCUT2D eigenvalue weighted by Gasteiger charge is 2.12. The second-order valence-corrected chi connectivity index (χ2v) is 6.44. The van der Waals surface area contributed by atoms with Crippen LogP contribution < -0.4 is 5.32 Å². The summed E-state index contributed by atoms with van der Waals surface area (Å²) in [7, 11) is 1.87. The number of amides is 1. The van der Waals surface area contributed by atoms with Gasteiger partial charge in [-0.1, -0.05) is 12.1 Å². The molecule has 2 aromatic rings. The number of thiazole rings is 1. The maximum atomic E-state index is 13.7. The van der Waals surface area contributed by atoms with Crippen LogP contribution in [0.25, 0.3) is 11.3 Å². The molecular formula is C16H20FN3OS. The quantitative estimate of drug-likeness (QED) is 0.890. The van der Waals surface area contributed by atoms with Crippen LogP contribution >= 0.6 is 11.3 Å². The van der Waals surface area contributed by atoms with Crippen LogP contribution in [0.1, 0.15) is 18.9 Å². The van der Waals surface area contributed by atoms with Gasteiger partial charge in [0.25, 0.3) is 0 Å². The van der Waals surface area contributed by atoms with Crippen LogP contribution in [0.2, 0.25) is 0 Å². The lowest BCUT2D eigenvalue weighted by Gasteiger charge is -2.16. The molecule has 4 nitrogen and oxygen atoms in total. The van der Waals surface area contributed by atoms with Crippen molar-refractivity contribution in [3.8, 4) is 11.3 Å². The Morgan fingerprint density at radius 1 is 1.41 bits per heavy atom. The number of nitrogens with zero attached hydrogens (tertiary/aromatic N) is 2. The summed E-state index contributed by atoms with van der Waals surface area (Å²) >= 11 is 1.47. The topological polar surface area (TPSA) is 45.2 Å². The third kappa shape index (κ3) is 4.61. The largest absolute Gasteiger partial charge is 0.353 e. The summed E-state index contributed by atoms with van der Waals surface area (Å²) in [6, 6.07) is 6.73. The zero-order valence-electron chi connectivity index (χ0n) is 13.0. The molecule has 0 unspecified atom stereocenters. The van der Waals surface area contributed by atoms with E-state index >= 15 is 0 Å². The third-order valence-electron chi connectivity index (χ3n) is 2.97. The first-order valence-electron chi connectivity index (χ1n) is 7.13. The van der Waals surface area contributed by atoms with Crippen LogP contribution in [0.5, 0.6) is 0 Å². The van der Waals surface area contributed by atoms with E-state index in [9.17, 15) is 9.18 Å². The molecule has 6 heteroatoms. The van der Waals surface area contributed by atoms with E-state index in [0.29, 0.717) is 24.3 Å². The van der Waals surface area contributed by atoms with Crippen molar-refractivity contribution in [2.75, 3.05) is 13.6 Å². The average molecular weight is 321 g/mol. The van der Waals surface area contributed by atoms with Crippen molar-refractivity contribution in [1.82, 2.24) is 15.2 Å². The van der Waals surface area contributed by atoms with Gasteiger partial charge in [0.15, 0.2) is 0 Å². The van der Waals surface area contributed by atoms with Crippen molar-refractivity contribution in [3.05, 3.63) is 40.5 Å². The zero-order valence-corrected chi connectivity index (χ0v) is 13.8. The number of carbonyl (C=O) groups excluding carboxylic acids is 1. The molecule has 0 aliphatic carbocycles. The third-order valence-corrected chi connectivity index (χ3v) is 3.80. The molecule has 0 saturated heterocycles. The molecule has 1 aromatic heterocycles.